The molecule has 11 heteroatoms. The first kappa shape index (κ1) is 28.8. The van der Waals surface area contributed by atoms with Crippen LogP contribution in [0.3, 0.4) is 0 Å². The van der Waals surface area contributed by atoms with Crippen molar-refractivity contribution in [2.24, 2.45) is 0 Å². The normalized spacial score (nSPS) is 13.6. The number of halogens is 1. The fourth-order valence-corrected chi connectivity index (χ4v) is 5.13. The van der Waals surface area contributed by atoms with Crippen molar-refractivity contribution in [3.05, 3.63) is 36.4 Å². The van der Waals surface area contributed by atoms with Gasteiger partial charge in [-0.3, -0.25) is 14.6 Å². The Morgan fingerprint density at radius 2 is 1.68 bits per heavy atom. The molecule has 37 heavy (non-hydrogen) atoms. The summed E-state index contributed by atoms with van der Waals surface area (Å²) in [6, 6.07) is 10.9. The zero-order valence-corrected chi connectivity index (χ0v) is 23.1. The second-order valence-electron chi connectivity index (χ2n) is 8.19. The van der Waals surface area contributed by atoms with Crippen molar-refractivity contribution in [2.75, 3.05) is 71.7 Å². The lowest BCUT2D eigenvalue weighted by atomic mass is 10.3. The summed E-state index contributed by atoms with van der Waals surface area (Å²) in [7, 11) is 3.23. The number of fused-ring (bicyclic) bond motifs is 1. The predicted octanol–water partition coefficient (Wildman–Crippen LogP) is 4.27. The molecule has 1 amide bonds. The van der Waals surface area contributed by atoms with Crippen LogP contribution in [0.2, 0.25) is 0 Å². The van der Waals surface area contributed by atoms with Gasteiger partial charge in [-0.25, -0.2) is 4.98 Å². The van der Waals surface area contributed by atoms with Gasteiger partial charge in [-0.1, -0.05) is 11.3 Å². The number of hydrogen-bond acceptors (Lipinski definition) is 9. The molecule has 0 atom stereocenters. The van der Waals surface area contributed by atoms with Gasteiger partial charge in [0.25, 0.3) is 5.91 Å². The van der Waals surface area contributed by atoms with Crippen LogP contribution in [0.4, 0.5) is 5.13 Å². The Morgan fingerprint density at radius 1 is 1.03 bits per heavy atom. The topological polar surface area (TPSA) is 82.6 Å². The van der Waals surface area contributed by atoms with Crippen LogP contribution in [0.15, 0.2) is 36.4 Å². The van der Waals surface area contributed by atoms with E-state index in [1.165, 1.54) is 11.3 Å². The van der Waals surface area contributed by atoms with Crippen molar-refractivity contribution in [3.8, 4) is 23.0 Å². The van der Waals surface area contributed by atoms with Crippen molar-refractivity contribution in [1.82, 2.24) is 9.88 Å². The highest BCUT2D eigenvalue weighted by Gasteiger charge is 2.23. The number of nitrogens with zero attached hydrogens (tertiary/aromatic N) is 3. The van der Waals surface area contributed by atoms with Crippen molar-refractivity contribution >= 4 is 45.0 Å². The van der Waals surface area contributed by atoms with Gasteiger partial charge in [0.15, 0.2) is 11.7 Å². The Bertz CT molecular complexity index is 1100. The molecule has 202 valence electrons. The van der Waals surface area contributed by atoms with Crippen LogP contribution in [0, 0.1) is 0 Å². The third kappa shape index (κ3) is 7.38. The van der Waals surface area contributed by atoms with Crippen LogP contribution in [0.5, 0.6) is 23.0 Å². The number of morpholine rings is 1. The lowest BCUT2D eigenvalue weighted by Crippen LogP contribution is -2.40. The van der Waals surface area contributed by atoms with E-state index in [2.05, 4.69) is 4.90 Å². The molecule has 0 unspecified atom stereocenters. The van der Waals surface area contributed by atoms with E-state index in [1.807, 2.05) is 31.2 Å². The highest BCUT2D eigenvalue weighted by atomic mass is 35.5. The van der Waals surface area contributed by atoms with Gasteiger partial charge in [0.1, 0.15) is 33.2 Å². The molecule has 0 N–H and O–H groups in total. The molecule has 0 bridgehead atoms. The van der Waals surface area contributed by atoms with Gasteiger partial charge in [0, 0.05) is 26.2 Å². The van der Waals surface area contributed by atoms with E-state index in [0.717, 1.165) is 49.7 Å². The summed E-state index contributed by atoms with van der Waals surface area (Å²) in [5.41, 5.74) is 0.676. The summed E-state index contributed by atoms with van der Waals surface area (Å²) >= 11 is 1.41. The molecular weight excluding hydrogens is 518 g/mol. The maximum Gasteiger partial charge on any atom is 0.266 e. The third-order valence-corrected chi connectivity index (χ3v) is 6.98. The van der Waals surface area contributed by atoms with Gasteiger partial charge < -0.3 is 23.7 Å². The predicted molar refractivity (Wildman–Crippen MR) is 147 cm³/mol. The van der Waals surface area contributed by atoms with Crippen LogP contribution in [-0.4, -0.2) is 82.6 Å². The van der Waals surface area contributed by atoms with E-state index >= 15 is 0 Å². The van der Waals surface area contributed by atoms with E-state index in [0.29, 0.717) is 41.0 Å². The summed E-state index contributed by atoms with van der Waals surface area (Å²) in [6.07, 6.45) is 0.805. The van der Waals surface area contributed by atoms with Crippen molar-refractivity contribution < 1.29 is 28.5 Å². The highest BCUT2D eigenvalue weighted by molar-refractivity contribution is 7.22. The second-order valence-corrected chi connectivity index (χ2v) is 9.17. The fraction of sp³-hybridized carbons (Fsp3) is 0.462. The average Bonchev–Trinajstić information content (AvgIpc) is 3.36. The zero-order valence-electron chi connectivity index (χ0n) is 21.4. The van der Waals surface area contributed by atoms with Crippen LogP contribution >= 0.6 is 23.7 Å². The number of ether oxygens (including phenoxy) is 5. The molecule has 0 saturated carbocycles. The molecule has 1 aromatic heterocycles. The maximum absolute atomic E-state index is 13.4. The first-order chi connectivity index (χ1) is 17.6. The Morgan fingerprint density at radius 3 is 2.32 bits per heavy atom. The van der Waals surface area contributed by atoms with E-state index < -0.39 is 0 Å². The monoisotopic (exact) mass is 551 g/mol. The Labute approximate surface area is 227 Å². The molecule has 2 heterocycles. The van der Waals surface area contributed by atoms with Crippen molar-refractivity contribution in [2.45, 2.75) is 13.3 Å². The van der Waals surface area contributed by atoms with Crippen LogP contribution in [0.1, 0.15) is 13.3 Å². The van der Waals surface area contributed by atoms with Gasteiger partial charge in [-0.05, 0) is 49.7 Å². The maximum atomic E-state index is 13.4. The number of aromatic nitrogens is 1. The van der Waals surface area contributed by atoms with Gasteiger partial charge in [-0.15, -0.1) is 12.4 Å². The summed E-state index contributed by atoms with van der Waals surface area (Å²) in [5.74, 6) is 2.54. The largest absolute Gasteiger partial charge is 0.495 e. The second kappa shape index (κ2) is 14.2. The van der Waals surface area contributed by atoms with E-state index in [-0.39, 0.29) is 24.9 Å². The van der Waals surface area contributed by atoms with Gasteiger partial charge in [-0.2, -0.15) is 0 Å². The van der Waals surface area contributed by atoms with Crippen molar-refractivity contribution in [3.63, 3.8) is 0 Å². The zero-order chi connectivity index (χ0) is 25.3. The number of hydrogen-bond donors (Lipinski definition) is 0. The van der Waals surface area contributed by atoms with E-state index in [4.69, 9.17) is 28.7 Å². The van der Waals surface area contributed by atoms with Crippen LogP contribution in [0.25, 0.3) is 10.2 Å². The molecule has 2 aromatic carbocycles. The quantitative estimate of drug-likeness (QED) is 0.330. The number of benzene rings is 2. The summed E-state index contributed by atoms with van der Waals surface area (Å²) < 4.78 is 28.6. The SMILES string of the molecule is CCOc1ccc(OCC(=O)N(CCCN2CCOCC2)c2nc3c(OC)ccc(OC)c3s2)cc1.Cl. The lowest BCUT2D eigenvalue weighted by molar-refractivity contribution is -0.120. The number of anilines is 1. The molecule has 0 spiro atoms. The molecule has 4 rings (SSSR count). The van der Waals surface area contributed by atoms with Gasteiger partial charge >= 0.3 is 0 Å². The van der Waals surface area contributed by atoms with Gasteiger partial charge in [0.2, 0.25) is 0 Å². The molecule has 1 fully saturated rings. The minimum Gasteiger partial charge on any atom is -0.495 e. The van der Waals surface area contributed by atoms with E-state index in [9.17, 15) is 4.79 Å². The summed E-state index contributed by atoms with van der Waals surface area (Å²) in [6.45, 7) is 7.13. The molecule has 0 aliphatic carbocycles. The average molecular weight is 552 g/mol. The van der Waals surface area contributed by atoms with E-state index in [1.54, 1.807) is 31.3 Å². The number of carbonyl (C=O) groups is 1. The summed E-state index contributed by atoms with van der Waals surface area (Å²) in [5, 5.41) is 0.593. The standard InChI is InChI=1S/C26H33N3O6S.ClH/c1-4-34-19-6-8-20(9-7-19)35-18-23(30)29(13-5-12-28-14-16-33-17-15-28)26-27-24-21(31-2)10-11-22(32-3)25(24)36-26;/h6-11H,4-5,12-18H2,1-3H3;1H. The summed E-state index contributed by atoms with van der Waals surface area (Å²) in [4.78, 5) is 22.2. The Hall–Kier alpha value is -2.79. The molecule has 0 radical (unpaired) electrons. The highest BCUT2D eigenvalue weighted by Crippen LogP contribution is 2.40. The minimum absolute atomic E-state index is 0. The number of amides is 1. The molecule has 1 saturated heterocycles. The number of thiazole rings is 1. The first-order valence-corrected chi connectivity index (χ1v) is 12.9. The molecule has 1 aliphatic heterocycles. The number of rotatable bonds is 12. The molecular formula is C26H34ClN3O6S. The smallest absolute Gasteiger partial charge is 0.266 e. The van der Waals surface area contributed by atoms with Gasteiger partial charge in [0.05, 0.1) is 34.0 Å². The molecule has 9 nitrogen and oxygen atoms in total. The number of carbonyl (C=O) groups excluding carboxylic acids is 1. The van der Waals surface area contributed by atoms with Crippen LogP contribution in [-0.2, 0) is 9.53 Å². The Balaban J connectivity index is 0.00000380. The number of methoxy groups -OCH3 is 2. The molecule has 1 aliphatic rings. The first-order valence-electron chi connectivity index (χ1n) is 12.1. The lowest BCUT2D eigenvalue weighted by Gasteiger charge is -2.27. The fourth-order valence-electron chi connectivity index (χ4n) is 4.02. The third-order valence-electron chi connectivity index (χ3n) is 5.89. The minimum atomic E-state index is -0.164. The van der Waals surface area contributed by atoms with Crippen molar-refractivity contribution in [1.29, 1.82) is 0 Å². The van der Waals surface area contributed by atoms with Crippen LogP contribution < -0.4 is 23.8 Å². The Kier molecular flexibility index (Phi) is 11.1. The molecule has 3 aromatic rings.